The highest BCUT2D eigenvalue weighted by Crippen LogP contribution is 2.25. The van der Waals surface area contributed by atoms with Gasteiger partial charge in [-0.25, -0.2) is 0 Å². The highest BCUT2D eigenvalue weighted by molar-refractivity contribution is 4.99. The number of hydrogen-bond donors (Lipinski definition) is 5. The largest absolute Gasteiger partial charge is 0.396 e. The van der Waals surface area contributed by atoms with Crippen LogP contribution in [0, 0.1) is 5.92 Å². The molecular formula is C6H13NO4. The molecule has 1 rings (SSSR count). The molecule has 5 nitrogen and oxygen atoms in total. The van der Waals surface area contributed by atoms with Crippen molar-refractivity contribution in [2.24, 2.45) is 11.7 Å². The van der Waals surface area contributed by atoms with Crippen LogP contribution in [0.1, 0.15) is 0 Å². The molecule has 0 aromatic carbocycles. The van der Waals surface area contributed by atoms with E-state index in [2.05, 4.69) is 0 Å². The number of aliphatic hydroxyl groups excluding tert-OH is 4. The molecule has 0 radical (unpaired) electrons. The topological polar surface area (TPSA) is 107 Å². The number of nitrogens with two attached hydrogens (primary N) is 1. The van der Waals surface area contributed by atoms with Gasteiger partial charge in [-0.05, 0) is 0 Å². The van der Waals surface area contributed by atoms with E-state index in [0.29, 0.717) is 0 Å². The van der Waals surface area contributed by atoms with Gasteiger partial charge in [-0.1, -0.05) is 0 Å². The third-order valence-electron chi connectivity index (χ3n) is 2.24. The van der Waals surface area contributed by atoms with Crippen LogP contribution < -0.4 is 5.73 Å². The average Bonchev–Trinajstić information content (AvgIpc) is 2.17. The quantitative estimate of drug-likeness (QED) is 0.283. The minimum Gasteiger partial charge on any atom is -0.396 e. The minimum atomic E-state index is -1.23. The molecule has 0 unspecified atom stereocenters. The monoisotopic (exact) mass is 163 g/mol. The Balaban J connectivity index is 2.69. The molecule has 1 saturated carbocycles. The Morgan fingerprint density at radius 2 is 1.55 bits per heavy atom. The van der Waals surface area contributed by atoms with Gasteiger partial charge in [0.2, 0.25) is 0 Å². The molecule has 0 aliphatic heterocycles. The predicted octanol–water partition coefficient (Wildman–Crippen LogP) is -2.98. The van der Waals surface area contributed by atoms with Crippen molar-refractivity contribution in [1.29, 1.82) is 0 Å². The lowest BCUT2D eigenvalue weighted by Gasteiger charge is -2.15. The first kappa shape index (κ1) is 8.89. The van der Waals surface area contributed by atoms with Crippen molar-refractivity contribution in [3.05, 3.63) is 0 Å². The standard InChI is InChI=1S/C6H13NO4/c7-3-2(1-8)4(9)6(11)5(3)10/h2-6,8-11H,1,7H2/t2-,3+,4-,5-,6+/m1/s1. The summed E-state index contributed by atoms with van der Waals surface area (Å²) < 4.78 is 0. The van der Waals surface area contributed by atoms with Gasteiger partial charge in [0.1, 0.15) is 6.10 Å². The summed E-state index contributed by atoms with van der Waals surface area (Å²) in [6.45, 7) is -0.323. The van der Waals surface area contributed by atoms with E-state index in [0.717, 1.165) is 0 Å². The molecule has 1 aliphatic rings. The first-order chi connectivity index (χ1) is 5.09. The van der Waals surface area contributed by atoms with Gasteiger partial charge in [0.05, 0.1) is 18.8 Å². The maximum atomic E-state index is 9.15. The van der Waals surface area contributed by atoms with Crippen molar-refractivity contribution in [2.45, 2.75) is 24.4 Å². The molecule has 0 spiro atoms. The molecule has 1 fully saturated rings. The second-order valence-corrected chi connectivity index (χ2v) is 2.90. The van der Waals surface area contributed by atoms with Crippen LogP contribution in [0.2, 0.25) is 0 Å². The summed E-state index contributed by atoms with van der Waals surface area (Å²) >= 11 is 0. The van der Waals surface area contributed by atoms with E-state index in [1.165, 1.54) is 0 Å². The minimum absolute atomic E-state index is 0.323. The molecular weight excluding hydrogens is 150 g/mol. The van der Waals surface area contributed by atoms with Gasteiger partial charge in [-0.15, -0.1) is 0 Å². The van der Waals surface area contributed by atoms with Crippen molar-refractivity contribution in [2.75, 3.05) is 6.61 Å². The molecule has 0 saturated heterocycles. The fourth-order valence-electron chi connectivity index (χ4n) is 1.39. The van der Waals surface area contributed by atoms with Crippen molar-refractivity contribution >= 4 is 0 Å². The Morgan fingerprint density at radius 3 is 1.73 bits per heavy atom. The molecule has 5 heteroatoms. The van der Waals surface area contributed by atoms with Crippen molar-refractivity contribution in [3.63, 3.8) is 0 Å². The first-order valence-corrected chi connectivity index (χ1v) is 3.50. The summed E-state index contributed by atoms with van der Waals surface area (Å²) in [7, 11) is 0. The molecule has 11 heavy (non-hydrogen) atoms. The van der Waals surface area contributed by atoms with E-state index in [4.69, 9.17) is 26.2 Å². The van der Waals surface area contributed by atoms with Crippen LogP contribution in [-0.2, 0) is 0 Å². The fourth-order valence-corrected chi connectivity index (χ4v) is 1.39. The summed E-state index contributed by atoms with van der Waals surface area (Å²) in [6.07, 6.45) is -3.49. The smallest absolute Gasteiger partial charge is 0.108 e. The van der Waals surface area contributed by atoms with Crippen molar-refractivity contribution in [3.8, 4) is 0 Å². The summed E-state index contributed by atoms with van der Waals surface area (Å²) in [6, 6.07) is -0.745. The van der Waals surface area contributed by atoms with Gasteiger partial charge in [0, 0.05) is 12.0 Å². The van der Waals surface area contributed by atoms with Crippen LogP contribution in [0.4, 0.5) is 0 Å². The second kappa shape index (κ2) is 3.04. The highest BCUT2D eigenvalue weighted by atomic mass is 16.4. The van der Waals surface area contributed by atoms with Crippen LogP contribution in [0.15, 0.2) is 0 Å². The Kier molecular flexibility index (Phi) is 2.46. The summed E-state index contributed by atoms with van der Waals surface area (Å²) in [4.78, 5) is 0. The maximum Gasteiger partial charge on any atom is 0.108 e. The molecule has 0 aromatic heterocycles. The molecule has 0 bridgehead atoms. The van der Waals surface area contributed by atoms with Crippen molar-refractivity contribution < 1.29 is 20.4 Å². The summed E-state index contributed by atoms with van der Waals surface area (Å²) in [5, 5.41) is 36.0. The maximum absolute atomic E-state index is 9.15. The molecule has 66 valence electrons. The van der Waals surface area contributed by atoms with Crippen LogP contribution in [0.3, 0.4) is 0 Å². The van der Waals surface area contributed by atoms with E-state index in [1.807, 2.05) is 0 Å². The summed E-state index contributed by atoms with van der Waals surface area (Å²) in [5.74, 6) is -0.625. The third-order valence-corrected chi connectivity index (χ3v) is 2.24. The third kappa shape index (κ3) is 1.25. The van der Waals surface area contributed by atoms with Gasteiger partial charge in [0.25, 0.3) is 0 Å². The van der Waals surface area contributed by atoms with E-state index in [1.54, 1.807) is 0 Å². The Bertz CT molecular complexity index is 129. The first-order valence-electron chi connectivity index (χ1n) is 3.50. The van der Waals surface area contributed by atoms with Crippen LogP contribution >= 0.6 is 0 Å². The molecule has 1 aliphatic carbocycles. The molecule has 0 amide bonds. The normalized spacial score (nSPS) is 51.5. The summed E-state index contributed by atoms with van der Waals surface area (Å²) in [5.41, 5.74) is 5.38. The van der Waals surface area contributed by atoms with Crippen LogP contribution in [0.5, 0.6) is 0 Å². The van der Waals surface area contributed by atoms with E-state index >= 15 is 0 Å². The van der Waals surface area contributed by atoms with Gasteiger partial charge < -0.3 is 26.2 Å². The zero-order valence-electron chi connectivity index (χ0n) is 5.96. The van der Waals surface area contributed by atoms with Gasteiger partial charge in [-0.3, -0.25) is 0 Å². The highest BCUT2D eigenvalue weighted by Gasteiger charge is 2.46. The van der Waals surface area contributed by atoms with E-state index in [-0.39, 0.29) is 6.61 Å². The SMILES string of the molecule is N[C@@H]1[C@@H](O)[C@@H](O)[C@H](O)[C@@H]1CO. The van der Waals surface area contributed by atoms with E-state index in [9.17, 15) is 0 Å². The van der Waals surface area contributed by atoms with Crippen molar-refractivity contribution in [1.82, 2.24) is 0 Å². The number of aliphatic hydroxyl groups is 4. The Morgan fingerprint density at radius 1 is 1.00 bits per heavy atom. The van der Waals surface area contributed by atoms with Crippen LogP contribution in [0.25, 0.3) is 0 Å². The van der Waals surface area contributed by atoms with E-state index < -0.39 is 30.3 Å². The van der Waals surface area contributed by atoms with Gasteiger partial charge >= 0.3 is 0 Å². The Labute approximate surface area is 64.1 Å². The van der Waals surface area contributed by atoms with Gasteiger partial charge in [-0.2, -0.15) is 0 Å². The van der Waals surface area contributed by atoms with Gasteiger partial charge in [0.15, 0.2) is 0 Å². The lowest BCUT2D eigenvalue weighted by atomic mass is 10.0. The predicted molar refractivity (Wildman–Crippen MR) is 36.6 cm³/mol. The lowest BCUT2D eigenvalue weighted by molar-refractivity contribution is -0.0307. The molecule has 0 heterocycles. The average molecular weight is 163 g/mol. The fraction of sp³-hybridized carbons (Fsp3) is 1.00. The second-order valence-electron chi connectivity index (χ2n) is 2.90. The molecule has 0 aromatic rings. The lowest BCUT2D eigenvalue weighted by Crippen LogP contribution is -2.39. The molecule has 5 atom stereocenters. The molecule has 6 N–H and O–H groups in total. The number of hydrogen-bond acceptors (Lipinski definition) is 5. The number of rotatable bonds is 1. The Hall–Kier alpha value is -0.200. The zero-order chi connectivity index (χ0) is 8.59. The zero-order valence-corrected chi connectivity index (χ0v) is 5.96. The van der Waals surface area contributed by atoms with Crippen LogP contribution in [-0.4, -0.2) is 51.4 Å².